The number of halogens is 10. The van der Waals surface area contributed by atoms with Crippen molar-refractivity contribution in [3.8, 4) is 96.1 Å². The molecule has 44 heteroatoms. The Bertz CT molecular complexity index is 7530. The van der Waals surface area contributed by atoms with E-state index in [2.05, 4.69) is 61.4 Å². The number of carbonyl (C=O) groups excluding carboxylic acids is 4. The van der Waals surface area contributed by atoms with E-state index in [1.165, 1.54) is 70.9 Å². The molecule has 0 spiro atoms. The number of aromatic nitrogens is 14. The van der Waals surface area contributed by atoms with E-state index < -0.39 is 88.7 Å². The summed E-state index contributed by atoms with van der Waals surface area (Å²) >= 11 is 2.95. The summed E-state index contributed by atoms with van der Waals surface area (Å²) < 4.78 is 214. The van der Waals surface area contributed by atoms with Crippen molar-refractivity contribution in [2.45, 2.75) is 164 Å². The van der Waals surface area contributed by atoms with Crippen molar-refractivity contribution >= 4 is 74.1 Å². The lowest BCUT2D eigenvalue weighted by Crippen LogP contribution is -2.41. The van der Waals surface area contributed by atoms with Gasteiger partial charge in [-0.2, -0.15) is 25.5 Å². The molecule has 5 atom stereocenters. The van der Waals surface area contributed by atoms with Gasteiger partial charge in [-0.1, -0.05) is 0 Å². The van der Waals surface area contributed by atoms with Crippen LogP contribution in [-0.2, 0) is 47.2 Å². The molecule has 9 aromatic heterocycles. The first-order valence-electron chi connectivity index (χ1n) is 48.5. The van der Waals surface area contributed by atoms with Gasteiger partial charge in [-0.3, -0.25) is 33.0 Å². The van der Waals surface area contributed by atoms with Crippen LogP contribution in [0.5, 0.6) is 17.6 Å². The second-order valence-corrected chi connectivity index (χ2v) is 38.2. The number of rotatable bonds is 23. The molecule has 14 aromatic rings. The van der Waals surface area contributed by atoms with Crippen LogP contribution < -0.4 is 31.0 Å². The van der Waals surface area contributed by atoms with E-state index in [0.717, 1.165) is 66.1 Å². The summed E-state index contributed by atoms with van der Waals surface area (Å²) in [5.74, 6) is -7.35. The molecule has 0 bridgehead atoms. The maximum atomic E-state index is 15.6. The summed E-state index contributed by atoms with van der Waals surface area (Å²) in [6.07, 6.45) is 15.0. The molecule has 6 fully saturated rings. The topological polar surface area (TPSA) is 375 Å². The number of benzene rings is 5. The Morgan fingerprint density at radius 2 is 0.700 bits per heavy atom. The number of methoxy groups -OCH3 is 3. The molecule has 6 aliphatic rings. The third-order valence-corrected chi connectivity index (χ3v) is 28.0. The van der Waals surface area contributed by atoms with Gasteiger partial charge >= 0.3 is 25.0 Å². The van der Waals surface area contributed by atoms with Crippen LogP contribution in [-0.4, -0.2) is 218 Å². The van der Waals surface area contributed by atoms with Crippen LogP contribution in [0.2, 0.25) is 0 Å². The van der Waals surface area contributed by atoms with Gasteiger partial charge in [0.2, 0.25) is 17.6 Å². The van der Waals surface area contributed by atoms with Crippen LogP contribution in [0.4, 0.5) is 39.5 Å². The molecule has 5 aromatic carbocycles. The predicted octanol–water partition coefficient (Wildman–Crippen LogP) is 18.9. The summed E-state index contributed by atoms with van der Waals surface area (Å²) in [6, 6.07) is 11.1. The summed E-state index contributed by atoms with van der Waals surface area (Å²) in [5, 5.41) is 22.5. The highest BCUT2D eigenvalue weighted by Crippen LogP contribution is 2.46. The molecule has 0 unspecified atom stereocenters. The number of esters is 3. The van der Waals surface area contributed by atoms with Gasteiger partial charge in [0, 0.05) is 118 Å². The number of carbonyl (C=O) groups is 4. The molecule has 33 nitrogen and oxygen atoms in total. The van der Waals surface area contributed by atoms with Gasteiger partial charge in [0.05, 0.1) is 196 Å². The lowest BCUT2D eigenvalue weighted by molar-refractivity contribution is 0.00578. The summed E-state index contributed by atoms with van der Waals surface area (Å²) in [7, 11) is 3.42. The van der Waals surface area contributed by atoms with Gasteiger partial charge in [0.1, 0.15) is 69.0 Å². The van der Waals surface area contributed by atoms with Gasteiger partial charge in [-0.25, -0.2) is 68.8 Å². The average Bonchev–Trinajstić information content (AvgIpc) is 1.51. The molecule has 150 heavy (non-hydrogen) atoms. The van der Waals surface area contributed by atoms with E-state index in [1.807, 2.05) is 41.5 Å². The van der Waals surface area contributed by atoms with Crippen molar-refractivity contribution in [3.63, 3.8) is 0 Å². The molecule has 20 rings (SSSR count). The van der Waals surface area contributed by atoms with Crippen molar-refractivity contribution in [2.24, 2.45) is 5.73 Å². The molecule has 15 heterocycles. The third-order valence-electron chi connectivity index (χ3n) is 27.4. The third kappa shape index (κ3) is 21.6. The number of amides is 1. The molecule has 0 saturated carbocycles. The minimum Gasteiger partial charge on any atom is -0.481 e. The summed E-state index contributed by atoms with van der Waals surface area (Å²) in [4.78, 5) is 77.5. The monoisotopic (exact) mass is 2140 g/mol. The second kappa shape index (κ2) is 45.8. The molecule has 1 amide bonds. The minimum absolute atomic E-state index is 0.0108. The number of hydrogen-bond acceptors (Lipinski definition) is 26. The smallest absolute Gasteiger partial charge is 0.481 e. The average molecular weight is 2140 g/mol. The maximum Gasteiger partial charge on any atom is 0.497 e. The van der Waals surface area contributed by atoms with Gasteiger partial charge in [-0.05, 0) is 232 Å². The van der Waals surface area contributed by atoms with E-state index in [-0.39, 0.29) is 150 Å². The van der Waals surface area contributed by atoms with Crippen LogP contribution in [0.15, 0.2) is 120 Å². The maximum absolute atomic E-state index is 15.6. The molecule has 0 aliphatic carbocycles. The van der Waals surface area contributed by atoms with Crippen LogP contribution in [0, 0.1) is 93.9 Å². The first-order valence-corrected chi connectivity index (χ1v) is 49.3. The fourth-order valence-electron chi connectivity index (χ4n) is 19.2. The highest BCUT2D eigenvalue weighted by molar-refractivity contribution is 9.10. The Balaban J connectivity index is 0.000000134. The molecular formula is C106H110BBrF9N15O18. The summed E-state index contributed by atoms with van der Waals surface area (Å²) in [6.45, 7) is 28.4. The Kier molecular flexibility index (Phi) is 33.2. The highest BCUT2D eigenvalue weighted by Gasteiger charge is 2.53. The van der Waals surface area contributed by atoms with Crippen LogP contribution in [0.3, 0.4) is 0 Å². The largest absolute Gasteiger partial charge is 0.497 e. The van der Waals surface area contributed by atoms with Crippen LogP contribution in [0.1, 0.15) is 186 Å². The number of nitrogens with two attached hydrogens (primary N) is 1. The van der Waals surface area contributed by atoms with Crippen LogP contribution in [0.25, 0.3) is 100 Å². The van der Waals surface area contributed by atoms with Crippen molar-refractivity contribution in [1.29, 1.82) is 0 Å². The molecular weight excluding hydrogens is 2030 g/mol. The minimum atomic E-state index is -1.05. The van der Waals surface area contributed by atoms with Crippen molar-refractivity contribution < 1.29 is 120 Å². The zero-order valence-electron chi connectivity index (χ0n) is 85.1. The van der Waals surface area contributed by atoms with E-state index in [9.17, 15) is 32.8 Å². The zero-order valence-corrected chi connectivity index (χ0v) is 86.7. The number of primary amides is 1. The number of nitrogens with zero attached hydrogens (tertiary/aromatic N) is 13. The summed E-state index contributed by atoms with van der Waals surface area (Å²) in [5.41, 5.74) is 12.0. The number of aryl methyl sites for hydroxylation is 3. The molecule has 6 aliphatic heterocycles. The molecule has 790 valence electrons. The fraction of sp³-hybridized carbons (Fsp3) is 0.387. The fourth-order valence-corrected chi connectivity index (χ4v) is 19.6. The number of aromatic amines is 1. The lowest BCUT2D eigenvalue weighted by Gasteiger charge is -2.32. The molecule has 0 radical (unpaired) electrons. The number of pyridine rings is 4. The van der Waals surface area contributed by atoms with E-state index in [1.54, 1.807) is 84.0 Å². The molecule has 3 N–H and O–H groups in total. The van der Waals surface area contributed by atoms with Crippen molar-refractivity contribution in [3.05, 3.63) is 233 Å². The van der Waals surface area contributed by atoms with Gasteiger partial charge in [-0.15, -0.1) is 0 Å². The Morgan fingerprint density at radius 1 is 0.400 bits per heavy atom. The number of nitrogens with one attached hydrogen (secondary N) is 1. The first-order chi connectivity index (χ1) is 71.8. The Labute approximate surface area is 864 Å². The van der Waals surface area contributed by atoms with E-state index in [4.69, 9.17) is 67.1 Å². The van der Waals surface area contributed by atoms with E-state index in [0.29, 0.717) is 176 Å². The lowest BCUT2D eigenvalue weighted by atomic mass is 9.78. The number of ether oxygens (including phenoxy) is 11. The molecule has 6 saturated heterocycles. The quantitative estimate of drug-likeness (QED) is 0.0197. The predicted molar refractivity (Wildman–Crippen MR) is 538 cm³/mol. The Morgan fingerprint density at radius 3 is 1.05 bits per heavy atom. The highest BCUT2D eigenvalue weighted by atomic mass is 79.9. The normalized spacial score (nSPS) is 17.5. The number of H-pyrrole nitrogens is 1. The van der Waals surface area contributed by atoms with Crippen molar-refractivity contribution in [2.75, 3.05) is 107 Å². The van der Waals surface area contributed by atoms with Crippen molar-refractivity contribution in [1.82, 2.24) is 68.8 Å². The number of fused-ring (bicyclic) bond motifs is 3. The van der Waals surface area contributed by atoms with Gasteiger partial charge in [0.15, 0.2) is 0 Å². The SMILES string of the molecule is CCOC(=O)c1cnn([C@@H]2CCOC2)c1-c1cc(F)c(-c2c(C)cnc(OC)c2C)cc1F.CCOC(=O)c1cnn([C@@H]2CCOC2)c1-c1cc(F)c(B2OC(C)(C)C(C)(C)O2)cc1F.CCOC(=O)c1cnn([C@@H]2CCOC2)c1-c1cc(F)c(Br)cc1F.COc1ncc(C)c(-c2cc(F)c(-c3c(C(N)=O)cnn3[C@@H]3CCOC3)cc2F)c1C.COc1ncc(C)c(-c2cc3[nH]c(=O)c4cnn([C@@H]5CCOC5)c4c3cc2F)c1C. The second-order valence-electron chi connectivity index (χ2n) is 37.4. The van der Waals surface area contributed by atoms with Gasteiger partial charge < -0.3 is 72.1 Å². The number of hydrogen-bond donors (Lipinski definition) is 2. The van der Waals surface area contributed by atoms with E-state index >= 15 is 30.7 Å². The Hall–Kier alpha value is -14.0. The van der Waals surface area contributed by atoms with Crippen LogP contribution >= 0.6 is 15.9 Å². The standard InChI is InChI=1S/C24H25F2N3O4.C22H27BF2N2O5.C22H22F2N4O3.C22H21FN4O3.C16H15BrF2N2O3/c1-5-33-24(30)18-11-28-29(15-6-7-32-12-15)22(18)17-9-19(25)16(8-20(17)26)21-13(2)10-27-23(31-4)14(21)3;1-6-30-20(28)15-11-26-27(13-7-8-29-12-13)19(15)14-9-18(25)16(10-17(14)24)23-31-21(2,3)22(4,5)32-23;1-11-8-26-22(30-3)12(2)19(11)14-6-18(24)15(7-17(14)23)20-16(21(25)29)9-27-28(20)13-4-5-31-10-13;1-11-8-24-22(29-3)12(2)19(11)14-7-18-15(6-17(14)23)20-16(21(28)26-18)9-25-27(20)13-4-5-30-10-13;1-2-24-16(22)11-7-20-21(9-3-4-23-8-9)15(11)10-5-14(19)12(17)6-13(10)18/h8-11,15H,5-7,12H2,1-4H3;9-11,13H,6-8,12H2,1-5H3;6-9,13H,4-5,10H2,1-3H3,(H2,25,29);6-9,13H,4-5,10H2,1-3H3,(H,26,28);5-7,9H,2-4,8H2,1H3/t15-;3*13-;9-/m11111/s1. The van der Waals surface area contributed by atoms with Gasteiger partial charge in [0.25, 0.3) is 11.5 Å². The zero-order chi connectivity index (χ0) is 107. The first kappa shape index (κ1) is 109.